The molecule has 102 valence electrons. The molecule has 4 heteroatoms. The second kappa shape index (κ2) is 5.04. The van der Waals surface area contributed by atoms with E-state index in [2.05, 4.69) is 5.32 Å². The summed E-state index contributed by atoms with van der Waals surface area (Å²) in [6.07, 6.45) is 3.38. The molecule has 19 heavy (non-hydrogen) atoms. The van der Waals surface area contributed by atoms with Crippen LogP contribution in [-0.4, -0.2) is 18.6 Å². The quantitative estimate of drug-likeness (QED) is 0.841. The van der Waals surface area contributed by atoms with Gasteiger partial charge in [-0.15, -0.1) is 0 Å². The van der Waals surface area contributed by atoms with E-state index < -0.39 is 0 Å². The maximum absolute atomic E-state index is 12.1. The number of hydrogen-bond donors (Lipinski definition) is 1. The summed E-state index contributed by atoms with van der Waals surface area (Å²) in [5, 5.41) is 4.11. The third-order valence-electron chi connectivity index (χ3n) is 4.26. The van der Waals surface area contributed by atoms with Gasteiger partial charge in [0.2, 0.25) is 0 Å². The zero-order valence-corrected chi connectivity index (χ0v) is 11.7. The summed E-state index contributed by atoms with van der Waals surface area (Å²) in [7, 11) is 0. The number of halogens is 1. The minimum atomic E-state index is -0.207. The van der Waals surface area contributed by atoms with E-state index >= 15 is 0 Å². The normalized spacial score (nSPS) is 28.2. The van der Waals surface area contributed by atoms with Crippen molar-refractivity contribution >= 4 is 23.3 Å². The lowest BCUT2D eigenvalue weighted by Crippen LogP contribution is -2.42. The lowest BCUT2D eigenvalue weighted by atomic mass is 9.79. The van der Waals surface area contributed by atoms with Gasteiger partial charge in [0.1, 0.15) is 6.04 Å². The molecule has 1 aliphatic carbocycles. The Morgan fingerprint density at radius 2 is 2.32 bits per heavy atom. The Morgan fingerprint density at radius 1 is 1.47 bits per heavy atom. The van der Waals surface area contributed by atoms with Gasteiger partial charge in [0.15, 0.2) is 0 Å². The number of ether oxygens (including phenoxy) is 1. The first-order valence-corrected chi connectivity index (χ1v) is 7.31. The molecule has 1 heterocycles. The Kier molecular flexibility index (Phi) is 3.40. The molecule has 0 aromatic heterocycles. The van der Waals surface area contributed by atoms with Crippen molar-refractivity contribution in [3.8, 4) is 0 Å². The van der Waals surface area contributed by atoms with Crippen LogP contribution < -0.4 is 5.32 Å². The molecule has 1 fully saturated rings. The smallest absolute Gasteiger partial charge is 0.328 e. The molecule has 3 rings (SSSR count). The highest BCUT2D eigenvalue weighted by molar-refractivity contribution is 6.30. The molecule has 1 aromatic rings. The number of carbonyl (C=O) groups is 1. The number of esters is 1. The van der Waals surface area contributed by atoms with Crippen LogP contribution in [0, 0.1) is 5.92 Å². The molecule has 0 radical (unpaired) electrons. The van der Waals surface area contributed by atoms with Gasteiger partial charge >= 0.3 is 5.97 Å². The third kappa shape index (κ3) is 2.20. The molecule has 3 atom stereocenters. The summed E-state index contributed by atoms with van der Waals surface area (Å²) in [5.74, 6) is 0.648. The first-order chi connectivity index (χ1) is 9.20. The Labute approximate surface area is 118 Å². The van der Waals surface area contributed by atoms with Gasteiger partial charge in [-0.05, 0) is 55.4 Å². The van der Waals surface area contributed by atoms with E-state index in [-0.39, 0.29) is 12.0 Å². The highest BCUT2D eigenvalue weighted by Crippen LogP contribution is 2.48. The van der Waals surface area contributed by atoms with E-state index in [9.17, 15) is 4.79 Å². The van der Waals surface area contributed by atoms with Gasteiger partial charge in [0, 0.05) is 10.7 Å². The summed E-state index contributed by atoms with van der Waals surface area (Å²) >= 11 is 6.10. The average molecular weight is 280 g/mol. The van der Waals surface area contributed by atoms with Crippen molar-refractivity contribution in [3.63, 3.8) is 0 Å². The van der Waals surface area contributed by atoms with E-state index in [4.69, 9.17) is 16.3 Å². The van der Waals surface area contributed by atoms with E-state index in [1.54, 1.807) is 0 Å². The van der Waals surface area contributed by atoms with Crippen LogP contribution >= 0.6 is 11.6 Å². The summed E-state index contributed by atoms with van der Waals surface area (Å²) in [6, 6.07) is 5.67. The lowest BCUT2D eigenvalue weighted by molar-refractivity contribution is -0.145. The molecule has 2 aliphatic rings. The molecule has 3 nitrogen and oxygen atoms in total. The van der Waals surface area contributed by atoms with Gasteiger partial charge < -0.3 is 10.1 Å². The number of carbonyl (C=O) groups excluding carboxylic acids is 1. The largest absolute Gasteiger partial charge is 0.464 e. The number of benzene rings is 1. The molecule has 1 aliphatic heterocycles. The van der Waals surface area contributed by atoms with Crippen LogP contribution in [0.15, 0.2) is 18.2 Å². The number of rotatable bonds is 2. The van der Waals surface area contributed by atoms with Crippen molar-refractivity contribution in [3.05, 3.63) is 28.8 Å². The Balaban J connectivity index is 1.96. The van der Waals surface area contributed by atoms with Crippen molar-refractivity contribution in [2.24, 2.45) is 5.92 Å². The Bertz CT molecular complexity index is 503. The average Bonchev–Trinajstić information content (AvgIpc) is 2.87. The second-order valence-corrected chi connectivity index (χ2v) is 5.74. The molecule has 0 saturated heterocycles. The maximum Gasteiger partial charge on any atom is 0.328 e. The van der Waals surface area contributed by atoms with E-state index in [0.29, 0.717) is 18.4 Å². The van der Waals surface area contributed by atoms with Gasteiger partial charge in [-0.1, -0.05) is 18.0 Å². The number of hydrogen-bond acceptors (Lipinski definition) is 3. The molecule has 0 unspecified atom stereocenters. The van der Waals surface area contributed by atoms with Gasteiger partial charge in [-0.25, -0.2) is 4.79 Å². The van der Waals surface area contributed by atoms with Crippen LogP contribution in [0.3, 0.4) is 0 Å². The van der Waals surface area contributed by atoms with Gasteiger partial charge in [-0.2, -0.15) is 0 Å². The van der Waals surface area contributed by atoms with E-state index in [0.717, 1.165) is 23.6 Å². The van der Waals surface area contributed by atoms with Gasteiger partial charge in [-0.3, -0.25) is 0 Å². The fraction of sp³-hybridized carbons (Fsp3) is 0.533. The number of fused-ring (bicyclic) bond motifs is 3. The van der Waals surface area contributed by atoms with Crippen LogP contribution in [0.2, 0.25) is 5.02 Å². The minimum absolute atomic E-state index is 0.125. The fourth-order valence-corrected chi connectivity index (χ4v) is 3.67. The highest BCUT2D eigenvalue weighted by Gasteiger charge is 2.43. The Morgan fingerprint density at radius 3 is 3.11 bits per heavy atom. The first-order valence-electron chi connectivity index (χ1n) is 6.93. The summed E-state index contributed by atoms with van der Waals surface area (Å²) in [6.45, 7) is 2.28. The topological polar surface area (TPSA) is 38.3 Å². The molecule has 0 amide bonds. The van der Waals surface area contributed by atoms with Crippen LogP contribution in [0.5, 0.6) is 0 Å². The van der Waals surface area contributed by atoms with E-state index in [1.807, 2.05) is 25.1 Å². The minimum Gasteiger partial charge on any atom is -0.464 e. The summed E-state index contributed by atoms with van der Waals surface area (Å²) in [4.78, 5) is 12.1. The van der Waals surface area contributed by atoms with E-state index in [1.165, 1.54) is 12.0 Å². The van der Waals surface area contributed by atoms with Crippen molar-refractivity contribution in [1.82, 2.24) is 0 Å². The van der Waals surface area contributed by atoms with Crippen molar-refractivity contribution in [1.29, 1.82) is 0 Å². The first kappa shape index (κ1) is 12.8. The third-order valence-corrected chi connectivity index (χ3v) is 4.50. The zero-order chi connectivity index (χ0) is 13.4. The molecule has 1 N–H and O–H groups in total. The van der Waals surface area contributed by atoms with Crippen molar-refractivity contribution in [2.75, 3.05) is 11.9 Å². The molecule has 0 spiro atoms. The summed E-state index contributed by atoms with van der Waals surface area (Å²) < 4.78 is 5.20. The van der Waals surface area contributed by atoms with Gasteiger partial charge in [0.25, 0.3) is 0 Å². The molecule has 0 bridgehead atoms. The van der Waals surface area contributed by atoms with Crippen LogP contribution in [-0.2, 0) is 9.53 Å². The molecule has 1 saturated carbocycles. The fourth-order valence-electron chi connectivity index (χ4n) is 3.49. The summed E-state index contributed by atoms with van der Waals surface area (Å²) in [5.41, 5.74) is 2.29. The number of nitrogens with one attached hydrogen (secondary N) is 1. The van der Waals surface area contributed by atoms with Crippen LogP contribution in [0.1, 0.15) is 37.7 Å². The van der Waals surface area contributed by atoms with Crippen molar-refractivity contribution < 1.29 is 9.53 Å². The molecule has 1 aromatic carbocycles. The SMILES string of the molecule is CCOC(=O)[C@H]1Nc2ccc(Cl)cc2[C@H]2CCC[C@H]12. The second-order valence-electron chi connectivity index (χ2n) is 5.31. The lowest BCUT2D eigenvalue weighted by Gasteiger charge is -2.35. The molecular weight excluding hydrogens is 262 g/mol. The van der Waals surface area contributed by atoms with Gasteiger partial charge in [0.05, 0.1) is 6.61 Å². The highest BCUT2D eigenvalue weighted by atomic mass is 35.5. The predicted octanol–water partition coefficient (Wildman–Crippen LogP) is 3.58. The van der Waals surface area contributed by atoms with Crippen LogP contribution in [0.4, 0.5) is 5.69 Å². The predicted molar refractivity (Wildman–Crippen MR) is 75.6 cm³/mol. The van der Waals surface area contributed by atoms with Crippen LogP contribution in [0.25, 0.3) is 0 Å². The zero-order valence-electron chi connectivity index (χ0n) is 11.0. The molecular formula is C15H18ClNO2. The number of anilines is 1. The monoisotopic (exact) mass is 279 g/mol. The Hall–Kier alpha value is -1.22. The standard InChI is InChI=1S/C15H18ClNO2/c1-2-19-15(18)14-11-5-3-4-10(11)12-8-9(16)6-7-13(12)17-14/h6-8,10-11,14,17H,2-5H2,1H3/t10-,11-,14-/m0/s1. The van der Waals surface area contributed by atoms with Crippen molar-refractivity contribution in [2.45, 2.75) is 38.1 Å². The maximum atomic E-state index is 12.1.